The Morgan fingerprint density at radius 2 is 1.76 bits per heavy atom. The molecule has 0 aromatic rings. The van der Waals surface area contributed by atoms with E-state index in [1.54, 1.807) is 0 Å². The number of carbonyl (C=O) groups excluding carboxylic acids is 1. The van der Waals surface area contributed by atoms with Crippen LogP contribution in [0.25, 0.3) is 0 Å². The minimum atomic E-state index is -0.445. The van der Waals surface area contributed by atoms with Gasteiger partial charge in [0.05, 0.1) is 0 Å². The first-order valence-electron chi connectivity index (χ1n) is 6.30. The average molecular weight is 244 g/mol. The van der Waals surface area contributed by atoms with Crippen LogP contribution in [0.15, 0.2) is 0 Å². The van der Waals surface area contributed by atoms with Crippen LogP contribution in [0.1, 0.15) is 54.9 Å². The predicted octanol–water partition coefficient (Wildman–Crippen LogP) is 2.68. The van der Waals surface area contributed by atoms with Gasteiger partial charge < -0.3 is 15.4 Å². The quantitative estimate of drug-likeness (QED) is 0.781. The van der Waals surface area contributed by atoms with Gasteiger partial charge in [-0.15, -0.1) is 0 Å². The van der Waals surface area contributed by atoms with Crippen LogP contribution in [0.2, 0.25) is 0 Å². The highest BCUT2D eigenvalue weighted by atomic mass is 16.6. The van der Waals surface area contributed by atoms with Gasteiger partial charge >= 0.3 is 6.09 Å². The van der Waals surface area contributed by atoms with Gasteiger partial charge in [-0.3, -0.25) is 0 Å². The zero-order chi connectivity index (χ0) is 13.7. The predicted molar refractivity (Wildman–Crippen MR) is 71.2 cm³/mol. The molecule has 1 amide bonds. The lowest BCUT2D eigenvalue weighted by Crippen LogP contribution is -2.48. The van der Waals surface area contributed by atoms with Crippen molar-refractivity contribution in [1.82, 2.24) is 10.6 Å². The number of ether oxygens (including phenoxy) is 1. The summed E-state index contributed by atoms with van der Waals surface area (Å²) < 4.78 is 5.19. The number of carbonyl (C=O) groups is 1. The van der Waals surface area contributed by atoms with Gasteiger partial charge in [-0.05, 0) is 48.0 Å². The minimum absolute atomic E-state index is 0.0516. The standard InChI is InChI=1S/C13H28N2O2/c1-8-13(6,7)14-9-10(2)15-11(16)17-12(3,4)5/h10,14H,8-9H2,1-7H3,(H,15,16)/t10-/m1/s1. The summed E-state index contributed by atoms with van der Waals surface area (Å²) in [7, 11) is 0. The number of alkyl carbamates (subject to hydrolysis) is 1. The smallest absolute Gasteiger partial charge is 0.407 e. The molecule has 0 bridgehead atoms. The van der Waals surface area contributed by atoms with Gasteiger partial charge in [-0.1, -0.05) is 6.92 Å². The molecule has 0 radical (unpaired) electrons. The molecule has 4 nitrogen and oxygen atoms in total. The third-order valence-corrected chi connectivity index (χ3v) is 2.53. The monoisotopic (exact) mass is 244 g/mol. The Morgan fingerprint density at radius 1 is 1.24 bits per heavy atom. The van der Waals surface area contributed by atoms with E-state index in [4.69, 9.17) is 4.74 Å². The Kier molecular flexibility index (Phi) is 5.96. The molecule has 0 saturated heterocycles. The van der Waals surface area contributed by atoms with Gasteiger partial charge in [-0.25, -0.2) is 4.79 Å². The number of nitrogens with one attached hydrogen (secondary N) is 2. The number of hydrogen-bond donors (Lipinski definition) is 2. The van der Waals surface area contributed by atoms with Crippen molar-refractivity contribution >= 4 is 6.09 Å². The lowest BCUT2D eigenvalue weighted by Gasteiger charge is -2.27. The van der Waals surface area contributed by atoms with E-state index in [0.717, 1.165) is 13.0 Å². The van der Waals surface area contributed by atoms with Crippen LogP contribution >= 0.6 is 0 Å². The number of amides is 1. The van der Waals surface area contributed by atoms with Gasteiger partial charge in [0.15, 0.2) is 0 Å². The summed E-state index contributed by atoms with van der Waals surface area (Å²) in [5.74, 6) is 0. The second kappa shape index (κ2) is 6.24. The van der Waals surface area contributed by atoms with Gasteiger partial charge in [0.25, 0.3) is 0 Å². The van der Waals surface area contributed by atoms with Crippen molar-refractivity contribution in [2.75, 3.05) is 6.54 Å². The average Bonchev–Trinajstić information content (AvgIpc) is 2.12. The molecule has 0 aliphatic heterocycles. The fourth-order valence-electron chi connectivity index (χ4n) is 1.11. The van der Waals surface area contributed by atoms with Crippen LogP contribution in [-0.4, -0.2) is 29.8 Å². The van der Waals surface area contributed by atoms with Crippen molar-refractivity contribution in [3.8, 4) is 0 Å². The first-order chi connectivity index (χ1) is 7.56. The van der Waals surface area contributed by atoms with Crippen LogP contribution in [0, 0.1) is 0 Å². The van der Waals surface area contributed by atoms with E-state index < -0.39 is 5.60 Å². The van der Waals surface area contributed by atoms with E-state index in [0.29, 0.717) is 0 Å². The molecule has 0 spiro atoms. The lowest BCUT2D eigenvalue weighted by atomic mass is 10.0. The minimum Gasteiger partial charge on any atom is -0.444 e. The maximum atomic E-state index is 11.5. The molecular formula is C13H28N2O2. The Morgan fingerprint density at radius 3 is 2.18 bits per heavy atom. The molecule has 0 unspecified atom stereocenters. The topological polar surface area (TPSA) is 50.4 Å². The summed E-state index contributed by atoms with van der Waals surface area (Å²) in [4.78, 5) is 11.5. The number of hydrogen-bond acceptors (Lipinski definition) is 3. The SMILES string of the molecule is CCC(C)(C)NC[C@@H](C)NC(=O)OC(C)(C)C. The van der Waals surface area contributed by atoms with Crippen LogP contribution in [0.4, 0.5) is 4.79 Å². The van der Waals surface area contributed by atoms with Gasteiger partial charge in [0.2, 0.25) is 0 Å². The molecule has 0 aromatic carbocycles. The summed E-state index contributed by atoms with van der Waals surface area (Å²) in [6.07, 6.45) is 0.688. The third-order valence-electron chi connectivity index (χ3n) is 2.53. The molecule has 0 aromatic heterocycles. The molecule has 0 rings (SSSR count). The number of rotatable bonds is 5. The molecule has 0 fully saturated rings. The molecule has 1 atom stereocenters. The molecule has 0 aliphatic rings. The second-order valence-corrected chi connectivity index (χ2v) is 6.17. The zero-order valence-corrected chi connectivity index (χ0v) is 12.3. The highest BCUT2D eigenvalue weighted by Crippen LogP contribution is 2.08. The van der Waals surface area contributed by atoms with E-state index in [1.165, 1.54) is 0 Å². The summed E-state index contributed by atoms with van der Waals surface area (Å²) >= 11 is 0. The fraction of sp³-hybridized carbons (Fsp3) is 0.923. The molecule has 4 heteroatoms. The van der Waals surface area contributed by atoms with Gasteiger partial charge in [-0.2, -0.15) is 0 Å². The third kappa shape index (κ3) is 8.98. The highest BCUT2D eigenvalue weighted by molar-refractivity contribution is 5.68. The van der Waals surface area contributed by atoms with Crippen molar-refractivity contribution < 1.29 is 9.53 Å². The molecule has 0 saturated carbocycles. The van der Waals surface area contributed by atoms with E-state index in [-0.39, 0.29) is 17.7 Å². The van der Waals surface area contributed by atoms with Crippen molar-refractivity contribution in [3.63, 3.8) is 0 Å². The van der Waals surface area contributed by atoms with E-state index in [1.807, 2.05) is 27.7 Å². The molecule has 2 N–H and O–H groups in total. The Hall–Kier alpha value is -0.770. The van der Waals surface area contributed by atoms with Crippen molar-refractivity contribution in [2.24, 2.45) is 0 Å². The van der Waals surface area contributed by atoms with Crippen molar-refractivity contribution in [2.45, 2.75) is 72.1 Å². The fourth-order valence-corrected chi connectivity index (χ4v) is 1.11. The normalized spacial score (nSPS) is 14.3. The van der Waals surface area contributed by atoms with Crippen molar-refractivity contribution in [3.05, 3.63) is 0 Å². The van der Waals surface area contributed by atoms with Crippen molar-refractivity contribution in [1.29, 1.82) is 0 Å². The Labute approximate surface area is 105 Å². The highest BCUT2D eigenvalue weighted by Gasteiger charge is 2.19. The summed E-state index contributed by atoms with van der Waals surface area (Å²) in [5, 5.41) is 6.22. The second-order valence-electron chi connectivity index (χ2n) is 6.17. The summed E-state index contributed by atoms with van der Waals surface area (Å²) in [6.45, 7) is 14.7. The molecule has 17 heavy (non-hydrogen) atoms. The van der Waals surface area contributed by atoms with Crippen LogP contribution in [0.3, 0.4) is 0 Å². The van der Waals surface area contributed by atoms with Crippen LogP contribution < -0.4 is 10.6 Å². The Balaban J connectivity index is 3.95. The van der Waals surface area contributed by atoms with Crippen LogP contribution in [0.5, 0.6) is 0 Å². The maximum absolute atomic E-state index is 11.5. The lowest BCUT2D eigenvalue weighted by molar-refractivity contribution is 0.0506. The molecule has 102 valence electrons. The van der Waals surface area contributed by atoms with E-state index in [9.17, 15) is 4.79 Å². The van der Waals surface area contributed by atoms with E-state index in [2.05, 4.69) is 31.4 Å². The van der Waals surface area contributed by atoms with E-state index >= 15 is 0 Å². The first-order valence-corrected chi connectivity index (χ1v) is 6.30. The molecule has 0 aliphatic carbocycles. The molecule has 0 heterocycles. The molecular weight excluding hydrogens is 216 g/mol. The summed E-state index contributed by atoms with van der Waals surface area (Å²) in [6, 6.07) is 0.0516. The largest absolute Gasteiger partial charge is 0.444 e. The maximum Gasteiger partial charge on any atom is 0.407 e. The Bertz CT molecular complexity index is 244. The summed E-state index contributed by atoms with van der Waals surface area (Å²) in [5.41, 5.74) is -0.343. The van der Waals surface area contributed by atoms with Crippen LogP contribution in [-0.2, 0) is 4.74 Å². The first kappa shape index (κ1) is 16.2. The zero-order valence-electron chi connectivity index (χ0n) is 12.3. The van der Waals surface area contributed by atoms with Gasteiger partial charge in [0, 0.05) is 18.1 Å². The van der Waals surface area contributed by atoms with Gasteiger partial charge in [0.1, 0.15) is 5.60 Å².